The van der Waals surface area contributed by atoms with Crippen molar-refractivity contribution in [2.24, 2.45) is 35.3 Å². The van der Waals surface area contributed by atoms with Crippen LogP contribution in [0.5, 0.6) is 0 Å². The highest BCUT2D eigenvalue weighted by Gasteiger charge is 2.44. The fourth-order valence-corrected chi connectivity index (χ4v) is 10.7. The largest absolute Gasteiger partial charge is 0.379 e. The maximum atomic E-state index is 14.6. The molecule has 1 aromatic carbocycles. The van der Waals surface area contributed by atoms with Gasteiger partial charge in [-0.3, -0.25) is 62.5 Å². The van der Waals surface area contributed by atoms with Crippen LogP contribution in [0, 0.1) is 29.6 Å². The summed E-state index contributed by atoms with van der Waals surface area (Å²) in [7, 11) is 8.26. The van der Waals surface area contributed by atoms with Gasteiger partial charge in [-0.2, -0.15) is 0 Å². The lowest BCUT2D eigenvalue weighted by Crippen LogP contribution is -2.60. The fraction of sp³-hybridized carbons (Fsp3) is 0.672. The van der Waals surface area contributed by atoms with Gasteiger partial charge in [0.2, 0.25) is 53.2 Å². The van der Waals surface area contributed by atoms with E-state index in [1.165, 1.54) is 14.2 Å². The fourth-order valence-electron chi connectivity index (χ4n) is 10.7. The number of nitrogens with zero attached hydrogens (tertiary/aromatic N) is 4. The third kappa shape index (κ3) is 20.0. The minimum atomic E-state index is -1.59. The number of carbonyl (C=O) groups excluding carboxylic acids is 11. The van der Waals surface area contributed by atoms with Gasteiger partial charge in [0.1, 0.15) is 24.2 Å². The number of rotatable bonds is 34. The molecule has 0 spiro atoms. The predicted octanol–water partition coefficient (Wildman–Crippen LogP) is 0.410. The molecule has 11 amide bonds. The molecule has 1 aromatic rings. The zero-order chi connectivity index (χ0) is 61.7. The Hall–Kier alpha value is -6.79. The van der Waals surface area contributed by atoms with Gasteiger partial charge in [0.25, 0.3) is 11.8 Å². The molecule has 82 heavy (non-hydrogen) atoms. The molecule has 0 aromatic heterocycles. The Bertz CT molecular complexity index is 2380. The molecule has 3 rings (SSSR count). The summed E-state index contributed by atoms with van der Waals surface area (Å²) in [6.45, 7) is 16.7. The van der Waals surface area contributed by atoms with Crippen molar-refractivity contribution in [1.82, 2.24) is 51.5 Å². The van der Waals surface area contributed by atoms with Crippen LogP contribution >= 0.6 is 0 Å². The van der Waals surface area contributed by atoms with Gasteiger partial charge in [0.05, 0.1) is 49.1 Å². The Labute approximate surface area is 483 Å². The second-order valence-electron chi connectivity index (χ2n) is 22.7. The van der Waals surface area contributed by atoms with Crippen LogP contribution < -0.4 is 37.6 Å². The molecule has 24 nitrogen and oxygen atoms in total. The van der Waals surface area contributed by atoms with Gasteiger partial charge in [-0.05, 0) is 56.2 Å². The van der Waals surface area contributed by atoms with E-state index in [0.717, 1.165) is 17.1 Å². The van der Waals surface area contributed by atoms with Crippen molar-refractivity contribution in [3.63, 3.8) is 0 Å². The highest BCUT2D eigenvalue weighted by atomic mass is 16.5. The van der Waals surface area contributed by atoms with Crippen LogP contribution in [0.15, 0.2) is 42.5 Å². The number of benzene rings is 1. The molecule has 2 aliphatic heterocycles. The van der Waals surface area contributed by atoms with Gasteiger partial charge in [-0.25, -0.2) is 0 Å². The summed E-state index contributed by atoms with van der Waals surface area (Å²) >= 11 is 0. The molecule has 24 heteroatoms. The van der Waals surface area contributed by atoms with E-state index >= 15 is 0 Å². The normalized spacial score (nSPS) is 18.0. The molecule has 0 aliphatic carbocycles. The molecular formula is C58H93N11O13. The number of hydrogen-bond donors (Lipinski definition) is 7. The quantitative estimate of drug-likeness (QED) is 0.0364. The van der Waals surface area contributed by atoms with Crippen LogP contribution in [-0.2, 0) is 68.6 Å². The van der Waals surface area contributed by atoms with Gasteiger partial charge in [-0.1, -0.05) is 99.1 Å². The van der Waals surface area contributed by atoms with E-state index in [0.29, 0.717) is 31.4 Å². The summed E-state index contributed by atoms with van der Waals surface area (Å²) < 4.78 is 12.1. The molecule has 0 saturated carbocycles. The average molecular weight is 1150 g/mol. The first kappa shape index (κ1) is 69.5. The van der Waals surface area contributed by atoms with Crippen molar-refractivity contribution in [3.05, 3.63) is 48.0 Å². The van der Waals surface area contributed by atoms with Crippen molar-refractivity contribution < 1.29 is 62.2 Å². The molecule has 0 radical (unpaired) electrons. The summed E-state index contributed by atoms with van der Waals surface area (Å²) in [5, 5.41) is 16.3. The molecule has 1 saturated heterocycles. The van der Waals surface area contributed by atoms with E-state index in [9.17, 15) is 52.7 Å². The zero-order valence-corrected chi connectivity index (χ0v) is 50.6. The third-order valence-corrected chi connectivity index (χ3v) is 15.4. The van der Waals surface area contributed by atoms with Crippen molar-refractivity contribution in [2.75, 3.05) is 61.5 Å². The molecule has 8 N–H and O–H groups in total. The monoisotopic (exact) mass is 1150 g/mol. The molecule has 1 unspecified atom stereocenters. The number of imide groups is 1. The Morgan fingerprint density at radius 3 is 1.80 bits per heavy atom. The Balaban J connectivity index is 1.79. The minimum Gasteiger partial charge on any atom is -0.379 e. The minimum absolute atomic E-state index is 0.0175. The van der Waals surface area contributed by atoms with E-state index in [1.54, 1.807) is 68.0 Å². The van der Waals surface area contributed by atoms with Crippen LogP contribution in [0.4, 0.5) is 0 Å². The van der Waals surface area contributed by atoms with Crippen LogP contribution in [0.1, 0.15) is 106 Å². The van der Waals surface area contributed by atoms with E-state index in [2.05, 4.69) is 31.9 Å². The lowest BCUT2D eigenvalue weighted by Gasteiger charge is -2.41. The number of hydrogen-bond acceptors (Lipinski definition) is 14. The number of ether oxygens (including phenoxy) is 2. The van der Waals surface area contributed by atoms with Gasteiger partial charge in [-0.15, -0.1) is 0 Å². The van der Waals surface area contributed by atoms with Crippen molar-refractivity contribution >= 4 is 65.0 Å². The number of methoxy groups -OCH3 is 2. The van der Waals surface area contributed by atoms with Gasteiger partial charge < -0.3 is 56.9 Å². The highest BCUT2D eigenvalue weighted by molar-refractivity contribution is 6.13. The van der Waals surface area contributed by atoms with Crippen LogP contribution in [0.25, 0.3) is 0 Å². The maximum Gasteiger partial charge on any atom is 0.253 e. The third-order valence-electron chi connectivity index (χ3n) is 15.4. The van der Waals surface area contributed by atoms with Crippen molar-refractivity contribution in [3.8, 4) is 0 Å². The first-order valence-electron chi connectivity index (χ1n) is 28.5. The topological polar surface area (TPSA) is 317 Å². The molecular weight excluding hydrogens is 1060 g/mol. The molecule has 2 aliphatic rings. The van der Waals surface area contributed by atoms with Gasteiger partial charge in [0, 0.05) is 72.4 Å². The summed E-state index contributed by atoms with van der Waals surface area (Å²) in [4.78, 5) is 153. The smallest absolute Gasteiger partial charge is 0.253 e. The first-order valence-corrected chi connectivity index (χ1v) is 28.5. The van der Waals surface area contributed by atoms with Gasteiger partial charge in [0.15, 0.2) is 0 Å². The Morgan fingerprint density at radius 1 is 0.695 bits per heavy atom. The maximum absolute atomic E-state index is 14.6. The van der Waals surface area contributed by atoms with Crippen molar-refractivity contribution in [2.45, 2.75) is 162 Å². The standard InChI is InChI=1S/C58H93N11O13/c1-15-36(8)51(67(12)58(80)49(34(4)5)65-57(79)50(35(6)7)66(10)11)42(81-13)32-47(74)68-28-19-22-41(68)52(82-14)37(9)53(75)62-39(30-38-20-17-16-18-21-38)54(76)63-40(31-43(59)70)55(77)64-48(33(2)3)56(78)61-27-26-60-44(71)25-29-69-45(72)23-24-46(69)73/h16-18,20-21,23-24,33-37,39-42,48-52H,15,19,22,25-32H2,1-14H3,(H2,59,70)(H,60,71)(H,61,78)(H,62,75)(H,63,76)(H,64,77)(H,65,79)/t36-,37+,39-,40-,41-,42+,48-,49-,50-,51-,52?/m0/s1. The second kappa shape index (κ2) is 33.3. The summed E-state index contributed by atoms with van der Waals surface area (Å²) in [5.41, 5.74) is 6.22. The van der Waals surface area contributed by atoms with E-state index in [-0.39, 0.29) is 74.4 Å². The van der Waals surface area contributed by atoms with E-state index in [4.69, 9.17) is 15.2 Å². The SMILES string of the molecule is CC[C@H](C)[C@@H]([C@@H](CC(=O)N1CCC[C@H]1C(OC)[C@@H](C)C(=O)N[C@@H](Cc1ccccc1)C(=O)N[C@@H](CC(N)=O)C(=O)N[C@H](C(=O)NCCNC(=O)CCN1C(=O)C=CC1=O)C(C)C)OC)N(C)C(=O)[C@@H](NC(=O)[C@H](C(C)C)N(C)C)C(C)C. The number of nitrogens with two attached hydrogens (primary N) is 1. The van der Waals surface area contributed by atoms with Crippen LogP contribution in [-0.4, -0.2) is 201 Å². The molecule has 11 atom stereocenters. The number of likely N-dealkylation sites (N-methyl/N-ethyl adjacent to an activating group) is 2. The number of likely N-dealkylation sites (tertiary alicyclic amines) is 1. The van der Waals surface area contributed by atoms with Gasteiger partial charge >= 0.3 is 0 Å². The van der Waals surface area contributed by atoms with E-state index in [1.807, 2.05) is 60.5 Å². The number of carbonyl (C=O) groups is 11. The van der Waals surface area contributed by atoms with Crippen LogP contribution in [0.2, 0.25) is 0 Å². The molecule has 458 valence electrons. The second-order valence-corrected chi connectivity index (χ2v) is 22.7. The van der Waals surface area contributed by atoms with Crippen LogP contribution in [0.3, 0.4) is 0 Å². The van der Waals surface area contributed by atoms with E-state index < -0.39 is 120 Å². The van der Waals surface area contributed by atoms with Crippen molar-refractivity contribution in [1.29, 1.82) is 0 Å². The number of amides is 11. The molecule has 0 bridgehead atoms. The summed E-state index contributed by atoms with van der Waals surface area (Å²) in [6, 6.07) is 2.23. The predicted molar refractivity (Wildman–Crippen MR) is 306 cm³/mol. The Kier molecular flexibility index (Phi) is 28.3. The first-order chi connectivity index (χ1) is 38.6. The zero-order valence-electron chi connectivity index (χ0n) is 50.6. The number of primary amides is 1. The lowest BCUT2D eigenvalue weighted by molar-refractivity contribution is -0.148. The lowest BCUT2D eigenvalue weighted by atomic mass is 9.89. The summed E-state index contributed by atoms with van der Waals surface area (Å²) in [6.07, 6.45) is 1.37. The molecule has 1 fully saturated rings. The average Bonchev–Trinajstić information content (AvgIpc) is 4.07. The Morgan fingerprint density at radius 2 is 1.27 bits per heavy atom. The number of nitrogens with one attached hydrogen (secondary N) is 6. The molecule has 2 heterocycles. The highest BCUT2D eigenvalue weighted by Crippen LogP contribution is 2.30. The summed E-state index contributed by atoms with van der Waals surface area (Å²) in [5.74, 6) is -8.15.